The van der Waals surface area contributed by atoms with Gasteiger partial charge in [-0.25, -0.2) is 0 Å². The molecule has 0 aromatic rings. The number of rotatable bonds is 2. The predicted octanol–water partition coefficient (Wildman–Crippen LogP) is -0.0677. The number of aliphatic hydroxyl groups is 2. The quantitative estimate of drug-likeness (QED) is 0.414. The number of ether oxygens (including phenoxy) is 2. The molecule has 3 radical (unpaired) electrons. The molecule has 0 saturated carbocycles. The van der Waals surface area contributed by atoms with E-state index in [0.29, 0.717) is 0 Å². The molecule has 0 aromatic heterocycles. The molecule has 1 heterocycles. The first kappa shape index (κ1) is 22.9. The largest absolute Gasteiger partial charge is 0.390 e. The van der Waals surface area contributed by atoms with Gasteiger partial charge in [0.25, 0.3) is 0 Å². The van der Waals surface area contributed by atoms with Crippen LogP contribution in [0.1, 0.15) is 13.3 Å². The summed E-state index contributed by atoms with van der Waals surface area (Å²) in [5.41, 5.74) is 0. The molecule has 1 fully saturated rings. The Bertz CT molecular complexity index is 173. The Labute approximate surface area is 135 Å². The van der Waals surface area contributed by atoms with Crippen molar-refractivity contribution >= 4 is 0 Å². The van der Waals surface area contributed by atoms with Crippen LogP contribution >= 0.6 is 0 Å². The minimum Gasteiger partial charge on any atom is -0.390 e. The zero-order chi connectivity index (χ0) is 10.0. The normalized spacial score (nSPS) is 37.7. The molecule has 5 atom stereocenters. The predicted molar refractivity (Wildman–Crippen MR) is 46.8 cm³/mol. The monoisotopic (exact) mass is 498 g/mol. The Morgan fingerprint density at radius 2 is 1.69 bits per heavy atom. The summed E-state index contributed by atoms with van der Waals surface area (Å²) in [7, 11) is 1.43. The van der Waals surface area contributed by atoms with Crippen LogP contribution in [0.15, 0.2) is 0 Å². The van der Waals surface area contributed by atoms with E-state index < -0.39 is 18.5 Å². The summed E-state index contributed by atoms with van der Waals surface area (Å²) in [6.07, 6.45) is -2.16. The van der Waals surface area contributed by atoms with Gasteiger partial charge < -0.3 is 26.6 Å². The zero-order valence-electron chi connectivity index (χ0n) is 9.01. The maximum Gasteiger partial charge on any atom is 0.183 e. The fourth-order valence-corrected chi connectivity index (χ4v) is 1.69. The van der Waals surface area contributed by atoms with Crippen molar-refractivity contribution in [2.45, 2.75) is 37.9 Å². The molecular formula is C9H17O4Rh3-. The molecule has 4 nitrogen and oxygen atoms in total. The van der Waals surface area contributed by atoms with E-state index in [9.17, 15) is 10.2 Å². The van der Waals surface area contributed by atoms with Gasteiger partial charge in [-0.3, -0.25) is 0 Å². The van der Waals surface area contributed by atoms with Crippen LogP contribution in [-0.4, -0.2) is 41.9 Å². The molecule has 0 spiro atoms. The molecule has 0 amide bonds. The van der Waals surface area contributed by atoms with Crippen molar-refractivity contribution in [3.05, 3.63) is 6.92 Å². The molecule has 1 aliphatic rings. The standard InChI is InChI=1S/C9H17O4.3Rh/c1-4-6-5(2)13-9(12-3)8(11)7(6)10;;;/h5-11H,2,4H2,1,3H3;;;/q-1;;;/t5?,6-,7+,8?,9-;;;/m1.../s1. The topological polar surface area (TPSA) is 58.9 Å². The molecule has 7 heteroatoms. The number of aliphatic hydroxyl groups excluding tert-OH is 2. The summed E-state index contributed by atoms with van der Waals surface area (Å²) in [5, 5.41) is 19.2. The molecule has 0 aliphatic carbocycles. The molecule has 2 unspecified atom stereocenters. The van der Waals surface area contributed by atoms with Gasteiger partial charge in [-0.1, -0.05) is 19.4 Å². The maximum absolute atomic E-state index is 9.66. The van der Waals surface area contributed by atoms with E-state index in [1.807, 2.05) is 6.92 Å². The molecule has 105 valence electrons. The van der Waals surface area contributed by atoms with Crippen molar-refractivity contribution < 1.29 is 78.1 Å². The maximum atomic E-state index is 9.66. The SMILES string of the molecule is [CH2-]C1O[C@@H](OC)C(O)[C@@H](O)[C@@H]1CC.[Rh].[Rh].[Rh]. The molecule has 16 heavy (non-hydrogen) atoms. The Morgan fingerprint density at radius 1 is 1.19 bits per heavy atom. The smallest absolute Gasteiger partial charge is 0.183 e. The first-order chi connectivity index (χ1) is 6.11. The van der Waals surface area contributed by atoms with Gasteiger partial charge in [0.15, 0.2) is 6.29 Å². The van der Waals surface area contributed by atoms with E-state index in [4.69, 9.17) is 9.47 Å². The van der Waals surface area contributed by atoms with Gasteiger partial charge in [0.1, 0.15) is 6.10 Å². The van der Waals surface area contributed by atoms with Gasteiger partial charge in [-0.05, 0) is 5.92 Å². The Morgan fingerprint density at radius 3 is 2.06 bits per heavy atom. The van der Waals surface area contributed by atoms with E-state index in [-0.39, 0.29) is 70.5 Å². The molecule has 1 aliphatic heterocycles. The summed E-state index contributed by atoms with van der Waals surface area (Å²) in [5.74, 6) is -0.124. The Hall–Kier alpha value is 1.71. The second-order valence-corrected chi connectivity index (χ2v) is 3.33. The van der Waals surface area contributed by atoms with E-state index in [1.165, 1.54) is 7.11 Å². The van der Waals surface area contributed by atoms with E-state index >= 15 is 0 Å². The van der Waals surface area contributed by atoms with Gasteiger partial charge in [0, 0.05) is 65.5 Å². The number of hydrogen-bond donors (Lipinski definition) is 2. The number of methoxy groups -OCH3 is 1. The van der Waals surface area contributed by atoms with Gasteiger partial charge in [0.2, 0.25) is 0 Å². The first-order valence-electron chi connectivity index (χ1n) is 4.49. The van der Waals surface area contributed by atoms with Crippen LogP contribution in [0.2, 0.25) is 0 Å². The van der Waals surface area contributed by atoms with Gasteiger partial charge in [0.05, 0.1) is 6.10 Å². The molecule has 1 rings (SSSR count). The summed E-state index contributed by atoms with van der Waals surface area (Å²) in [6.45, 7) is 5.69. The van der Waals surface area contributed by atoms with Gasteiger partial charge in [-0.2, -0.15) is 0 Å². The van der Waals surface area contributed by atoms with Crippen LogP contribution in [0.5, 0.6) is 0 Å². The van der Waals surface area contributed by atoms with Crippen molar-refractivity contribution in [2.24, 2.45) is 5.92 Å². The Balaban J connectivity index is -0.000000563. The van der Waals surface area contributed by atoms with Crippen molar-refractivity contribution in [3.63, 3.8) is 0 Å². The zero-order valence-corrected chi connectivity index (χ0v) is 13.9. The summed E-state index contributed by atoms with van der Waals surface area (Å²) in [4.78, 5) is 0. The van der Waals surface area contributed by atoms with Crippen molar-refractivity contribution in [1.82, 2.24) is 0 Å². The van der Waals surface area contributed by atoms with Crippen molar-refractivity contribution in [1.29, 1.82) is 0 Å². The summed E-state index contributed by atoms with van der Waals surface area (Å²) in [6, 6.07) is 0. The third-order valence-corrected chi connectivity index (χ3v) is 2.56. The minimum absolute atomic E-state index is 0. The van der Waals surface area contributed by atoms with Crippen molar-refractivity contribution in [3.8, 4) is 0 Å². The third-order valence-electron chi connectivity index (χ3n) is 2.56. The first-order valence-corrected chi connectivity index (χ1v) is 4.49. The molecular weight excluding hydrogens is 481 g/mol. The summed E-state index contributed by atoms with van der Waals surface area (Å²) < 4.78 is 10.1. The van der Waals surface area contributed by atoms with Crippen LogP contribution < -0.4 is 0 Å². The molecule has 2 N–H and O–H groups in total. The van der Waals surface area contributed by atoms with E-state index in [0.717, 1.165) is 6.42 Å². The number of hydrogen-bond acceptors (Lipinski definition) is 4. The van der Waals surface area contributed by atoms with Crippen LogP contribution in [0.4, 0.5) is 0 Å². The third kappa shape index (κ3) is 5.14. The second-order valence-electron chi connectivity index (χ2n) is 3.33. The van der Waals surface area contributed by atoms with E-state index in [2.05, 4.69) is 6.92 Å². The van der Waals surface area contributed by atoms with Crippen molar-refractivity contribution in [2.75, 3.05) is 7.11 Å². The molecule has 0 bridgehead atoms. The average molecular weight is 498 g/mol. The summed E-state index contributed by atoms with van der Waals surface area (Å²) >= 11 is 0. The van der Waals surface area contributed by atoms with Gasteiger partial charge in [-0.15, -0.1) is 0 Å². The van der Waals surface area contributed by atoms with Crippen LogP contribution in [-0.2, 0) is 67.9 Å². The molecule has 1 saturated heterocycles. The van der Waals surface area contributed by atoms with Crippen LogP contribution in [0.25, 0.3) is 0 Å². The van der Waals surface area contributed by atoms with Gasteiger partial charge >= 0.3 is 0 Å². The second kappa shape index (κ2) is 10.6. The average Bonchev–Trinajstić information content (AvgIpc) is 2.12. The fourth-order valence-electron chi connectivity index (χ4n) is 1.69. The van der Waals surface area contributed by atoms with Crippen LogP contribution in [0, 0.1) is 12.8 Å². The van der Waals surface area contributed by atoms with E-state index in [1.54, 1.807) is 0 Å². The molecule has 0 aromatic carbocycles. The van der Waals surface area contributed by atoms with Crippen LogP contribution in [0.3, 0.4) is 0 Å². The Kier molecular flexibility index (Phi) is 15.2. The fraction of sp³-hybridized carbons (Fsp3) is 0.889. The minimum atomic E-state index is -0.979.